The van der Waals surface area contributed by atoms with Gasteiger partial charge in [0.1, 0.15) is 10.8 Å². The molecule has 0 saturated carbocycles. The molecule has 2 heterocycles. The van der Waals surface area contributed by atoms with E-state index in [1.807, 2.05) is 73.7 Å². The van der Waals surface area contributed by atoms with Crippen molar-refractivity contribution in [2.24, 2.45) is 5.92 Å². The zero-order valence-corrected chi connectivity index (χ0v) is 19.2. The minimum Gasteiger partial charge on any atom is -0.495 e. The Morgan fingerprint density at radius 1 is 1.12 bits per heavy atom. The summed E-state index contributed by atoms with van der Waals surface area (Å²) in [6, 6.07) is 21.3. The molecule has 1 N–H and O–H groups in total. The summed E-state index contributed by atoms with van der Waals surface area (Å²) in [7, 11) is 1.58. The third-order valence-electron chi connectivity index (χ3n) is 5.83. The Labute approximate surface area is 195 Å². The molecule has 7 heteroatoms. The van der Waals surface area contributed by atoms with Crippen LogP contribution in [0.25, 0.3) is 20.8 Å². The number of methoxy groups -OCH3 is 1. The number of rotatable bonds is 5. The first-order valence-corrected chi connectivity index (χ1v) is 11.6. The Hall–Kier alpha value is -3.71. The first-order chi connectivity index (χ1) is 16.0. The first kappa shape index (κ1) is 21.2. The van der Waals surface area contributed by atoms with E-state index in [9.17, 15) is 9.59 Å². The molecule has 33 heavy (non-hydrogen) atoms. The molecule has 4 aromatic rings. The normalized spacial score (nSPS) is 15.8. The lowest BCUT2D eigenvalue weighted by Gasteiger charge is -2.20. The number of anilines is 2. The SMILES string of the molecule is COc1ccc(C)cc1N1CC(C(=O)Nc2ccccc2-c2nc3ccccc3s2)CC1=O. The first-order valence-electron chi connectivity index (χ1n) is 10.7. The van der Waals surface area contributed by atoms with E-state index in [4.69, 9.17) is 9.72 Å². The lowest BCUT2D eigenvalue weighted by atomic mass is 10.1. The molecule has 1 aliphatic heterocycles. The third kappa shape index (κ3) is 4.07. The lowest BCUT2D eigenvalue weighted by Crippen LogP contribution is -2.28. The van der Waals surface area contributed by atoms with Gasteiger partial charge in [-0.25, -0.2) is 4.98 Å². The van der Waals surface area contributed by atoms with Crippen LogP contribution in [0.5, 0.6) is 5.75 Å². The standard InChI is InChI=1S/C26H23N3O3S/c1-16-11-12-22(32-2)21(13-16)29-15-17(14-24(29)30)25(31)27-19-8-4-3-7-18(19)26-28-20-9-5-6-10-23(20)33-26/h3-13,17H,14-15H2,1-2H3,(H,27,31). The van der Waals surface area contributed by atoms with E-state index in [1.165, 1.54) is 0 Å². The Morgan fingerprint density at radius 2 is 1.91 bits per heavy atom. The molecule has 2 amide bonds. The second kappa shape index (κ2) is 8.67. The van der Waals surface area contributed by atoms with Crippen LogP contribution < -0.4 is 15.0 Å². The highest BCUT2D eigenvalue weighted by Crippen LogP contribution is 2.36. The number of hydrogen-bond acceptors (Lipinski definition) is 5. The minimum absolute atomic E-state index is 0.0847. The monoisotopic (exact) mass is 457 g/mol. The molecular formula is C26H23N3O3S. The van der Waals surface area contributed by atoms with E-state index in [0.717, 1.165) is 26.4 Å². The van der Waals surface area contributed by atoms with Crippen LogP contribution in [0.1, 0.15) is 12.0 Å². The number of nitrogens with zero attached hydrogens (tertiary/aromatic N) is 2. The summed E-state index contributed by atoms with van der Waals surface area (Å²) in [5.74, 6) is -0.0909. The van der Waals surface area contributed by atoms with Crippen molar-refractivity contribution in [3.63, 3.8) is 0 Å². The van der Waals surface area contributed by atoms with E-state index in [2.05, 4.69) is 5.32 Å². The molecule has 0 radical (unpaired) electrons. The maximum absolute atomic E-state index is 13.2. The highest BCUT2D eigenvalue weighted by atomic mass is 32.1. The Morgan fingerprint density at radius 3 is 2.73 bits per heavy atom. The van der Waals surface area contributed by atoms with Gasteiger partial charge in [-0.15, -0.1) is 11.3 Å². The highest BCUT2D eigenvalue weighted by molar-refractivity contribution is 7.21. The molecule has 0 bridgehead atoms. The van der Waals surface area contributed by atoms with Crippen LogP contribution in [0.2, 0.25) is 0 Å². The summed E-state index contributed by atoms with van der Waals surface area (Å²) in [6.45, 7) is 2.28. The number of amides is 2. The average molecular weight is 458 g/mol. The molecule has 6 nitrogen and oxygen atoms in total. The zero-order valence-electron chi connectivity index (χ0n) is 18.4. The topological polar surface area (TPSA) is 71.5 Å². The number of carbonyl (C=O) groups is 2. The summed E-state index contributed by atoms with van der Waals surface area (Å²) in [6.07, 6.45) is 0.159. The summed E-state index contributed by atoms with van der Waals surface area (Å²) >= 11 is 1.59. The number of aryl methyl sites for hydroxylation is 1. The van der Waals surface area contributed by atoms with E-state index in [-0.39, 0.29) is 18.2 Å². The van der Waals surface area contributed by atoms with Gasteiger partial charge in [-0.2, -0.15) is 0 Å². The lowest BCUT2D eigenvalue weighted by molar-refractivity contribution is -0.122. The second-order valence-corrected chi connectivity index (χ2v) is 9.13. The number of thiazole rings is 1. The minimum atomic E-state index is -0.453. The van der Waals surface area contributed by atoms with Gasteiger partial charge >= 0.3 is 0 Å². The molecule has 1 aliphatic rings. The Kier molecular flexibility index (Phi) is 5.56. The number of para-hydroxylation sites is 2. The van der Waals surface area contributed by atoms with Gasteiger partial charge in [-0.3, -0.25) is 9.59 Å². The van der Waals surface area contributed by atoms with E-state index in [0.29, 0.717) is 23.7 Å². The van der Waals surface area contributed by atoms with Crippen molar-refractivity contribution in [2.75, 3.05) is 23.9 Å². The zero-order chi connectivity index (χ0) is 22.9. The maximum Gasteiger partial charge on any atom is 0.229 e. The highest BCUT2D eigenvalue weighted by Gasteiger charge is 2.36. The molecule has 1 atom stereocenters. The molecule has 1 unspecified atom stereocenters. The summed E-state index contributed by atoms with van der Waals surface area (Å²) in [4.78, 5) is 32.3. The van der Waals surface area contributed by atoms with Crippen molar-refractivity contribution >= 4 is 44.7 Å². The predicted octanol–water partition coefficient (Wildman–Crippen LogP) is 5.27. The number of nitrogens with one attached hydrogen (secondary N) is 1. The smallest absolute Gasteiger partial charge is 0.229 e. The van der Waals surface area contributed by atoms with Crippen molar-refractivity contribution < 1.29 is 14.3 Å². The molecule has 1 saturated heterocycles. The summed E-state index contributed by atoms with van der Waals surface area (Å²) in [5, 5.41) is 3.89. The number of benzene rings is 3. The van der Waals surface area contributed by atoms with Gasteiger partial charge in [0.25, 0.3) is 0 Å². The number of carbonyl (C=O) groups excluding carboxylic acids is 2. The summed E-state index contributed by atoms with van der Waals surface area (Å²) in [5.41, 5.74) is 4.22. The molecule has 0 aliphatic carbocycles. The van der Waals surface area contributed by atoms with E-state index >= 15 is 0 Å². The van der Waals surface area contributed by atoms with E-state index in [1.54, 1.807) is 23.3 Å². The predicted molar refractivity (Wildman–Crippen MR) is 132 cm³/mol. The van der Waals surface area contributed by atoms with E-state index < -0.39 is 5.92 Å². The largest absolute Gasteiger partial charge is 0.495 e. The third-order valence-corrected chi connectivity index (χ3v) is 6.90. The fourth-order valence-electron chi connectivity index (χ4n) is 4.13. The Balaban J connectivity index is 1.38. The van der Waals surface area contributed by atoms with Crippen LogP contribution in [0, 0.1) is 12.8 Å². The van der Waals surface area contributed by atoms with Gasteiger partial charge in [0.2, 0.25) is 11.8 Å². The van der Waals surface area contributed by atoms with Crippen molar-refractivity contribution in [1.29, 1.82) is 0 Å². The van der Waals surface area contributed by atoms with Crippen molar-refractivity contribution in [2.45, 2.75) is 13.3 Å². The van der Waals surface area contributed by atoms with Gasteiger partial charge in [0.05, 0.1) is 34.6 Å². The van der Waals surface area contributed by atoms with Crippen molar-refractivity contribution in [3.05, 3.63) is 72.3 Å². The molecule has 0 spiro atoms. The van der Waals surface area contributed by atoms with Gasteiger partial charge in [-0.1, -0.05) is 30.3 Å². The molecular weight excluding hydrogens is 434 g/mol. The van der Waals surface area contributed by atoms with Crippen molar-refractivity contribution in [3.8, 4) is 16.3 Å². The number of ether oxygens (including phenoxy) is 1. The number of fused-ring (bicyclic) bond motifs is 1. The molecule has 1 aromatic heterocycles. The molecule has 1 fully saturated rings. The van der Waals surface area contributed by atoms with Gasteiger partial charge < -0.3 is 15.0 Å². The van der Waals surface area contributed by atoms with Gasteiger partial charge in [0.15, 0.2) is 0 Å². The number of aromatic nitrogens is 1. The second-order valence-electron chi connectivity index (χ2n) is 8.10. The fraction of sp³-hybridized carbons (Fsp3) is 0.192. The average Bonchev–Trinajstić information content (AvgIpc) is 3.43. The Bertz CT molecular complexity index is 1330. The van der Waals surface area contributed by atoms with Gasteiger partial charge in [-0.05, 0) is 48.9 Å². The van der Waals surface area contributed by atoms with Crippen molar-refractivity contribution in [1.82, 2.24) is 4.98 Å². The maximum atomic E-state index is 13.2. The fourth-order valence-corrected chi connectivity index (χ4v) is 5.13. The van der Waals surface area contributed by atoms with Crippen LogP contribution in [0.3, 0.4) is 0 Å². The molecule has 166 valence electrons. The van der Waals surface area contributed by atoms with Crippen LogP contribution in [-0.4, -0.2) is 30.5 Å². The van der Waals surface area contributed by atoms with Gasteiger partial charge in [0, 0.05) is 18.5 Å². The number of hydrogen-bond donors (Lipinski definition) is 1. The van der Waals surface area contributed by atoms with Crippen LogP contribution >= 0.6 is 11.3 Å². The molecule has 3 aromatic carbocycles. The van der Waals surface area contributed by atoms with Crippen LogP contribution in [0.15, 0.2) is 66.7 Å². The van der Waals surface area contributed by atoms with Crippen LogP contribution in [0.4, 0.5) is 11.4 Å². The summed E-state index contributed by atoms with van der Waals surface area (Å²) < 4.78 is 6.54. The van der Waals surface area contributed by atoms with Crippen LogP contribution in [-0.2, 0) is 9.59 Å². The quantitative estimate of drug-likeness (QED) is 0.443. The molecule has 5 rings (SSSR count).